The van der Waals surface area contributed by atoms with Gasteiger partial charge in [0, 0.05) is 56.2 Å². The van der Waals surface area contributed by atoms with Gasteiger partial charge in [-0.15, -0.1) is 0 Å². The van der Waals surface area contributed by atoms with Gasteiger partial charge in [-0.3, -0.25) is 4.90 Å². The number of ether oxygens (including phenoxy) is 2. The second-order valence-electron chi connectivity index (χ2n) is 19.3. The summed E-state index contributed by atoms with van der Waals surface area (Å²) in [4.78, 5) is 7.74. The summed E-state index contributed by atoms with van der Waals surface area (Å²) in [5, 5.41) is 2.16. The molecule has 0 atom stereocenters. The summed E-state index contributed by atoms with van der Waals surface area (Å²) in [6.45, 7) is 0. The molecular weight excluding hydrogens is 881 g/mol. The molecule has 4 aliphatic rings. The first-order valence-electron chi connectivity index (χ1n) is 24.6. The molecule has 16 rings (SSSR count). The average Bonchev–Trinajstić information content (AvgIpc) is 4.08. The van der Waals surface area contributed by atoms with Crippen molar-refractivity contribution in [1.29, 1.82) is 0 Å². The number of hydrogen-bond acceptors (Lipinski definition) is 5. The Hall–Kier alpha value is -9.45. The van der Waals surface area contributed by atoms with Gasteiger partial charge >= 0.3 is 0 Å². The third kappa shape index (κ3) is 5.08. The van der Waals surface area contributed by atoms with E-state index in [4.69, 9.17) is 18.9 Å². The highest BCUT2D eigenvalue weighted by atomic mass is 16.5. The van der Waals surface area contributed by atoms with Crippen LogP contribution in [-0.4, -0.2) is 4.98 Å². The number of furan rings is 1. The van der Waals surface area contributed by atoms with Crippen molar-refractivity contribution in [1.82, 2.24) is 4.98 Å². The molecule has 12 aromatic rings. The molecule has 2 aromatic heterocycles. The van der Waals surface area contributed by atoms with E-state index in [1.807, 2.05) is 24.4 Å². The van der Waals surface area contributed by atoms with Crippen LogP contribution in [0.1, 0.15) is 44.5 Å². The minimum atomic E-state index is -0.656. The van der Waals surface area contributed by atoms with Gasteiger partial charge in [0.1, 0.15) is 40.0 Å². The number of nitrogens with zero attached hydrogens (tertiary/aromatic N) is 2. The zero-order valence-electron chi connectivity index (χ0n) is 38.7. The van der Waals surface area contributed by atoms with Gasteiger partial charge < -0.3 is 13.9 Å². The van der Waals surface area contributed by atoms with Crippen molar-refractivity contribution >= 4 is 39.1 Å². The first kappa shape index (κ1) is 39.4. The van der Waals surface area contributed by atoms with E-state index in [1.165, 1.54) is 44.5 Å². The minimum Gasteiger partial charge on any atom is -0.457 e. The van der Waals surface area contributed by atoms with Gasteiger partial charge in [-0.05, 0) is 123 Å². The standard InChI is InChI=1S/C67H40N2O3/c1-6-22-50-45(16-1)46-17-2-7-23-51(46)66(50)54-26-10-13-29-59(54)71-61-35-33-42(38-56(61)66)69(64-37-32-41(40-68-64)44-21-15-31-63-65(44)49-20-5-12-28-58(49)70-63)43-34-36-62-57(39-43)67(55-27-11-14-30-60(55)72-62)52-24-8-3-18-47(52)48-19-4-9-25-53(48)67/h1-40H. The topological polar surface area (TPSA) is 47.7 Å². The number of fused-ring (bicyclic) bond motifs is 21. The molecule has 0 amide bonds. The largest absolute Gasteiger partial charge is 0.457 e. The normalized spacial score (nSPS) is 14.3. The summed E-state index contributed by atoms with van der Waals surface area (Å²) < 4.78 is 20.2. The number of anilines is 3. The molecule has 0 saturated heterocycles. The molecule has 72 heavy (non-hydrogen) atoms. The number of hydrogen-bond donors (Lipinski definition) is 0. The molecule has 4 heterocycles. The smallest absolute Gasteiger partial charge is 0.137 e. The Balaban J connectivity index is 0.952. The van der Waals surface area contributed by atoms with Crippen LogP contribution in [0.3, 0.4) is 0 Å². The van der Waals surface area contributed by atoms with E-state index in [1.54, 1.807) is 0 Å². The summed E-state index contributed by atoms with van der Waals surface area (Å²) in [5.41, 5.74) is 18.6. The van der Waals surface area contributed by atoms with Gasteiger partial charge in [0.2, 0.25) is 0 Å². The molecule has 2 spiro atoms. The highest BCUT2D eigenvalue weighted by molar-refractivity contribution is 6.12. The Morgan fingerprint density at radius 3 is 1.28 bits per heavy atom. The predicted octanol–water partition coefficient (Wildman–Crippen LogP) is 17.1. The molecule has 10 aromatic carbocycles. The van der Waals surface area contributed by atoms with E-state index >= 15 is 0 Å². The quantitative estimate of drug-likeness (QED) is 0.176. The zero-order valence-corrected chi connectivity index (χ0v) is 38.7. The Bertz CT molecular complexity index is 3970. The molecule has 2 aliphatic carbocycles. The fraction of sp³-hybridized carbons (Fsp3) is 0.0299. The van der Waals surface area contributed by atoms with Crippen molar-refractivity contribution in [2.45, 2.75) is 10.8 Å². The van der Waals surface area contributed by atoms with Crippen molar-refractivity contribution in [3.63, 3.8) is 0 Å². The Kier molecular flexibility index (Phi) is 7.96. The lowest BCUT2D eigenvalue weighted by molar-refractivity contribution is 0.436. The van der Waals surface area contributed by atoms with Crippen LogP contribution in [0.25, 0.3) is 55.3 Å². The molecule has 0 unspecified atom stereocenters. The van der Waals surface area contributed by atoms with Crippen LogP contribution < -0.4 is 14.4 Å². The molecule has 0 fully saturated rings. The van der Waals surface area contributed by atoms with Gasteiger partial charge in [-0.1, -0.05) is 164 Å². The maximum Gasteiger partial charge on any atom is 0.137 e. The van der Waals surface area contributed by atoms with E-state index in [0.717, 1.165) is 95.5 Å². The molecule has 0 radical (unpaired) electrons. The molecule has 0 saturated carbocycles. The lowest BCUT2D eigenvalue weighted by atomic mass is 9.66. The molecule has 0 bridgehead atoms. The first-order chi connectivity index (χ1) is 35.7. The minimum absolute atomic E-state index is 0.656. The van der Waals surface area contributed by atoms with Crippen LogP contribution in [0.5, 0.6) is 23.0 Å². The third-order valence-corrected chi connectivity index (χ3v) is 15.9. The molecule has 336 valence electrons. The Morgan fingerprint density at radius 2 is 0.764 bits per heavy atom. The Labute approximate surface area is 415 Å². The van der Waals surface area contributed by atoms with Crippen molar-refractivity contribution in [2.75, 3.05) is 4.90 Å². The van der Waals surface area contributed by atoms with Crippen LogP contribution in [0.2, 0.25) is 0 Å². The first-order valence-corrected chi connectivity index (χ1v) is 24.6. The van der Waals surface area contributed by atoms with Crippen LogP contribution in [-0.2, 0) is 10.8 Å². The van der Waals surface area contributed by atoms with Gasteiger partial charge in [-0.2, -0.15) is 0 Å². The molecule has 2 aliphatic heterocycles. The lowest BCUT2D eigenvalue weighted by Crippen LogP contribution is -2.33. The SMILES string of the molecule is c1ccc2c(c1)Oc1ccc(N(c3ccc4c(c3)C3(c5ccccc5O4)c4ccccc4-c4ccccc43)c3ccc(-c4cccc5oc6ccccc6c45)cn3)cc1C21c2ccccc2-c2ccccc21. The summed E-state index contributed by atoms with van der Waals surface area (Å²) >= 11 is 0. The van der Waals surface area contributed by atoms with E-state index in [9.17, 15) is 0 Å². The number of aromatic nitrogens is 1. The van der Waals surface area contributed by atoms with Gasteiger partial charge in [-0.25, -0.2) is 4.98 Å². The fourth-order valence-electron chi connectivity index (χ4n) is 13.1. The fourth-order valence-corrected chi connectivity index (χ4v) is 13.1. The summed E-state index contributed by atoms with van der Waals surface area (Å²) in [5.74, 6) is 4.12. The van der Waals surface area contributed by atoms with Gasteiger partial charge in [0.05, 0.1) is 10.8 Å². The summed E-state index contributed by atoms with van der Waals surface area (Å²) in [6.07, 6.45) is 2.00. The van der Waals surface area contributed by atoms with Crippen molar-refractivity contribution < 1.29 is 13.9 Å². The molecule has 5 heteroatoms. The highest BCUT2D eigenvalue weighted by Gasteiger charge is 2.53. The maximum absolute atomic E-state index is 6.94. The van der Waals surface area contributed by atoms with E-state index < -0.39 is 10.8 Å². The van der Waals surface area contributed by atoms with Crippen molar-refractivity contribution in [3.8, 4) is 56.4 Å². The lowest BCUT2D eigenvalue weighted by Gasteiger charge is -2.41. The van der Waals surface area contributed by atoms with Crippen molar-refractivity contribution in [3.05, 3.63) is 287 Å². The highest BCUT2D eigenvalue weighted by Crippen LogP contribution is 2.65. The number of para-hydroxylation sites is 3. The molecule has 0 N–H and O–H groups in total. The third-order valence-electron chi connectivity index (χ3n) is 15.9. The van der Waals surface area contributed by atoms with Crippen molar-refractivity contribution in [2.24, 2.45) is 0 Å². The molecule has 5 nitrogen and oxygen atoms in total. The van der Waals surface area contributed by atoms with Crippen LogP contribution >= 0.6 is 0 Å². The Morgan fingerprint density at radius 1 is 0.333 bits per heavy atom. The molecular formula is C67H40N2O3. The van der Waals surface area contributed by atoms with E-state index in [-0.39, 0.29) is 0 Å². The van der Waals surface area contributed by atoms with E-state index in [0.29, 0.717) is 0 Å². The van der Waals surface area contributed by atoms with Crippen LogP contribution in [0.4, 0.5) is 17.2 Å². The van der Waals surface area contributed by atoms with Gasteiger partial charge in [0.25, 0.3) is 0 Å². The average molecular weight is 921 g/mol. The van der Waals surface area contributed by atoms with Crippen LogP contribution in [0.15, 0.2) is 247 Å². The monoisotopic (exact) mass is 920 g/mol. The summed E-state index contributed by atoms with van der Waals surface area (Å²) in [7, 11) is 0. The number of benzene rings is 10. The number of rotatable bonds is 4. The maximum atomic E-state index is 6.94. The zero-order chi connectivity index (χ0) is 47.1. The van der Waals surface area contributed by atoms with Gasteiger partial charge in [0.15, 0.2) is 0 Å². The predicted molar refractivity (Wildman–Crippen MR) is 286 cm³/mol. The number of pyridine rings is 1. The van der Waals surface area contributed by atoms with E-state index in [2.05, 4.69) is 223 Å². The van der Waals surface area contributed by atoms with Crippen LogP contribution in [0, 0.1) is 0 Å². The second kappa shape index (κ2) is 14.5. The summed E-state index contributed by atoms with van der Waals surface area (Å²) in [6, 6.07) is 84.8. The second-order valence-corrected chi connectivity index (χ2v) is 19.3.